The number of halogens is 1. The van der Waals surface area contributed by atoms with Crippen LogP contribution in [0.1, 0.15) is 31.7 Å². The summed E-state index contributed by atoms with van der Waals surface area (Å²) in [5.74, 6) is 0. The number of hydrogen-bond donors (Lipinski definition) is 0. The molecule has 1 fully saturated rings. The van der Waals surface area contributed by atoms with Gasteiger partial charge in [-0.15, -0.1) is 0 Å². The molecule has 0 amide bonds. The number of alkyl halides is 1. The van der Waals surface area contributed by atoms with Crippen LogP contribution >= 0.6 is 27.3 Å². The molecule has 2 heteroatoms. The fourth-order valence-electron chi connectivity index (χ4n) is 1.84. The molecule has 1 saturated carbocycles. The molecule has 72 valence electrons. The monoisotopic (exact) mass is 258 g/mol. The van der Waals surface area contributed by atoms with Gasteiger partial charge in [-0.1, -0.05) is 22.9 Å². The van der Waals surface area contributed by atoms with Crippen LogP contribution in [0.4, 0.5) is 0 Å². The van der Waals surface area contributed by atoms with Gasteiger partial charge in [0.15, 0.2) is 0 Å². The Morgan fingerprint density at radius 3 is 2.85 bits per heavy atom. The maximum Gasteiger partial charge on any atom is 0.0174 e. The average molecular weight is 259 g/mol. The zero-order valence-electron chi connectivity index (χ0n) is 7.92. The zero-order chi connectivity index (χ0) is 9.31. The van der Waals surface area contributed by atoms with Gasteiger partial charge in [-0.25, -0.2) is 0 Å². The zero-order valence-corrected chi connectivity index (χ0v) is 10.3. The van der Waals surface area contributed by atoms with Gasteiger partial charge in [-0.05, 0) is 53.5 Å². The van der Waals surface area contributed by atoms with Gasteiger partial charge in [0, 0.05) is 4.83 Å². The molecule has 0 nitrogen and oxygen atoms in total. The molecular weight excluding hydrogens is 244 g/mol. The summed E-state index contributed by atoms with van der Waals surface area (Å²) in [6, 6.07) is 2.25. The van der Waals surface area contributed by atoms with Crippen molar-refractivity contribution >= 4 is 27.3 Å². The summed E-state index contributed by atoms with van der Waals surface area (Å²) in [7, 11) is 0. The lowest BCUT2D eigenvalue weighted by Gasteiger charge is -2.17. The molecule has 13 heavy (non-hydrogen) atoms. The predicted molar refractivity (Wildman–Crippen MR) is 62.7 cm³/mol. The Kier molecular flexibility index (Phi) is 2.80. The molecule has 1 unspecified atom stereocenters. The van der Waals surface area contributed by atoms with E-state index in [0.29, 0.717) is 10.2 Å². The summed E-state index contributed by atoms with van der Waals surface area (Å²) in [5.41, 5.74) is 2.16. The van der Waals surface area contributed by atoms with Gasteiger partial charge < -0.3 is 0 Å². The SMILES string of the molecule is CC(Br)C1(CCc2ccsc2)CC1. The lowest BCUT2D eigenvalue weighted by molar-refractivity contribution is 0.468. The molecule has 1 aliphatic rings. The molecule has 0 aliphatic heterocycles. The van der Waals surface area contributed by atoms with Gasteiger partial charge in [0.2, 0.25) is 0 Å². The maximum atomic E-state index is 3.73. The van der Waals surface area contributed by atoms with E-state index in [0.717, 1.165) is 0 Å². The number of hydrogen-bond acceptors (Lipinski definition) is 1. The van der Waals surface area contributed by atoms with Crippen LogP contribution in [0.25, 0.3) is 0 Å². The van der Waals surface area contributed by atoms with E-state index in [2.05, 4.69) is 39.7 Å². The second-order valence-electron chi connectivity index (χ2n) is 4.11. The molecule has 1 aromatic heterocycles. The van der Waals surface area contributed by atoms with Crippen LogP contribution in [0.5, 0.6) is 0 Å². The molecule has 1 atom stereocenters. The van der Waals surface area contributed by atoms with Gasteiger partial charge >= 0.3 is 0 Å². The van der Waals surface area contributed by atoms with E-state index in [-0.39, 0.29) is 0 Å². The van der Waals surface area contributed by atoms with E-state index >= 15 is 0 Å². The van der Waals surface area contributed by atoms with Gasteiger partial charge in [0.05, 0.1) is 0 Å². The second kappa shape index (κ2) is 3.74. The molecule has 0 aromatic carbocycles. The molecule has 1 aromatic rings. The first-order valence-electron chi connectivity index (χ1n) is 4.88. The van der Waals surface area contributed by atoms with Crippen LogP contribution in [0.3, 0.4) is 0 Å². The molecule has 2 rings (SSSR count). The predicted octanol–water partition coefficient (Wildman–Crippen LogP) is 4.24. The van der Waals surface area contributed by atoms with Crippen LogP contribution < -0.4 is 0 Å². The quantitative estimate of drug-likeness (QED) is 0.709. The molecule has 0 N–H and O–H groups in total. The normalized spacial score (nSPS) is 21.4. The molecule has 0 radical (unpaired) electrons. The Bertz CT molecular complexity index is 260. The van der Waals surface area contributed by atoms with Crippen molar-refractivity contribution in [3.63, 3.8) is 0 Å². The summed E-state index contributed by atoms with van der Waals surface area (Å²) in [6.45, 7) is 2.29. The van der Waals surface area contributed by atoms with Crippen molar-refractivity contribution in [1.29, 1.82) is 0 Å². The van der Waals surface area contributed by atoms with Crippen LogP contribution in [-0.2, 0) is 6.42 Å². The van der Waals surface area contributed by atoms with Crippen molar-refractivity contribution in [2.45, 2.75) is 37.4 Å². The van der Waals surface area contributed by atoms with Gasteiger partial charge in [-0.2, -0.15) is 11.3 Å². The summed E-state index contributed by atoms with van der Waals surface area (Å²) in [6.07, 6.45) is 5.46. The Morgan fingerprint density at radius 1 is 1.62 bits per heavy atom. The Hall–Kier alpha value is 0.180. The van der Waals surface area contributed by atoms with Gasteiger partial charge in [0.1, 0.15) is 0 Å². The third kappa shape index (κ3) is 2.16. The Morgan fingerprint density at radius 2 is 2.38 bits per heavy atom. The minimum Gasteiger partial charge on any atom is -0.152 e. The number of aryl methyl sites for hydroxylation is 1. The van der Waals surface area contributed by atoms with Crippen molar-refractivity contribution in [1.82, 2.24) is 0 Å². The molecule has 0 bridgehead atoms. The summed E-state index contributed by atoms with van der Waals surface area (Å²) < 4.78 is 0. The summed E-state index contributed by atoms with van der Waals surface area (Å²) in [4.78, 5) is 0.693. The van der Waals surface area contributed by atoms with Crippen molar-refractivity contribution in [3.05, 3.63) is 22.4 Å². The van der Waals surface area contributed by atoms with E-state index in [9.17, 15) is 0 Å². The Balaban J connectivity index is 1.86. The van der Waals surface area contributed by atoms with Crippen LogP contribution in [0, 0.1) is 5.41 Å². The van der Waals surface area contributed by atoms with Crippen LogP contribution in [0.15, 0.2) is 16.8 Å². The average Bonchev–Trinajstić information content (AvgIpc) is 2.73. The number of thiophene rings is 1. The first-order chi connectivity index (χ1) is 6.23. The Labute approximate surface area is 92.5 Å². The highest BCUT2D eigenvalue weighted by Crippen LogP contribution is 2.54. The fourth-order valence-corrected chi connectivity index (χ4v) is 3.23. The lowest BCUT2D eigenvalue weighted by atomic mass is 9.95. The van der Waals surface area contributed by atoms with E-state index in [1.807, 2.05) is 11.3 Å². The third-order valence-corrected chi connectivity index (χ3v) is 4.93. The van der Waals surface area contributed by atoms with Gasteiger partial charge in [0.25, 0.3) is 0 Å². The van der Waals surface area contributed by atoms with E-state index in [1.165, 1.54) is 31.2 Å². The highest BCUT2D eigenvalue weighted by molar-refractivity contribution is 9.09. The van der Waals surface area contributed by atoms with E-state index in [4.69, 9.17) is 0 Å². The summed E-state index contributed by atoms with van der Waals surface area (Å²) >= 11 is 5.53. The van der Waals surface area contributed by atoms with Gasteiger partial charge in [-0.3, -0.25) is 0 Å². The first-order valence-corrected chi connectivity index (χ1v) is 6.74. The highest BCUT2D eigenvalue weighted by Gasteiger charge is 2.45. The van der Waals surface area contributed by atoms with Crippen molar-refractivity contribution < 1.29 is 0 Å². The third-order valence-electron chi connectivity index (χ3n) is 3.23. The highest BCUT2D eigenvalue weighted by atomic mass is 79.9. The summed E-state index contributed by atoms with van der Waals surface area (Å²) in [5, 5.41) is 4.45. The standard InChI is InChI=1S/C11H15BrS/c1-9(12)11(5-6-11)4-2-10-3-7-13-8-10/h3,7-9H,2,4-6H2,1H3. The fraction of sp³-hybridized carbons (Fsp3) is 0.636. The first kappa shape index (κ1) is 9.72. The lowest BCUT2D eigenvalue weighted by Crippen LogP contribution is -2.12. The van der Waals surface area contributed by atoms with Crippen molar-refractivity contribution in [2.75, 3.05) is 0 Å². The minimum atomic E-state index is 0.641. The van der Waals surface area contributed by atoms with Crippen molar-refractivity contribution in [3.8, 4) is 0 Å². The minimum absolute atomic E-state index is 0.641. The largest absolute Gasteiger partial charge is 0.152 e. The molecule has 1 heterocycles. The smallest absolute Gasteiger partial charge is 0.0174 e. The van der Waals surface area contributed by atoms with E-state index < -0.39 is 0 Å². The molecular formula is C11H15BrS. The van der Waals surface area contributed by atoms with Crippen LogP contribution in [-0.4, -0.2) is 4.83 Å². The number of rotatable bonds is 4. The van der Waals surface area contributed by atoms with Crippen LogP contribution in [0.2, 0.25) is 0 Å². The maximum absolute atomic E-state index is 3.73. The molecule has 1 aliphatic carbocycles. The molecule has 0 spiro atoms. The molecule has 0 saturated heterocycles. The topological polar surface area (TPSA) is 0 Å². The second-order valence-corrected chi connectivity index (χ2v) is 6.26. The van der Waals surface area contributed by atoms with Crippen molar-refractivity contribution in [2.24, 2.45) is 5.41 Å². The van der Waals surface area contributed by atoms with E-state index in [1.54, 1.807) is 0 Å².